The van der Waals surface area contributed by atoms with Crippen LogP contribution in [-0.2, 0) is 0 Å². The summed E-state index contributed by atoms with van der Waals surface area (Å²) >= 11 is 7.04. The lowest BCUT2D eigenvalue weighted by atomic mass is 9.98. The fraction of sp³-hybridized carbons (Fsp3) is 0.0217. The van der Waals surface area contributed by atoms with Crippen molar-refractivity contribution >= 4 is 193 Å². The topological polar surface area (TPSA) is 121 Å². The van der Waals surface area contributed by atoms with Crippen LogP contribution in [0.2, 0.25) is 0 Å². The van der Waals surface area contributed by atoms with Gasteiger partial charge in [0.2, 0.25) is 0 Å². The summed E-state index contributed by atoms with van der Waals surface area (Å²) in [6, 6.07) is 102. The molecule has 1 radical (unpaired) electrons. The van der Waals surface area contributed by atoms with E-state index >= 15 is 0 Å². The van der Waals surface area contributed by atoms with Gasteiger partial charge >= 0.3 is 7.69 Å². The van der Waals surface area contributed by atoms with E-state index in [0.717, 1.165) is 196 Å². The predicted molar refractivity (Wildman–Crippen MR) is 435 cm³/mol. The molecule has 0 spiro atoms. The zero-order valence-electron chi connectivity index (χ0n) is 53.8. The molecule has 0 aliphatic heterocycles. The second-order valence-corrected chi connectivity index (χ2v) is 27.4. The van der Waals surface area contributed by atoms with Gasteiger partial charge < -0.3 is 40.6 Å². The molecule has 0 unspecified atom stereocenters. The fourth-order valence-corrected chi connectivity index (χ4v) is 15.4. The van der Waals surface area contributed by atoms with Gasteiger partial charge in [0, 0.05) is 84.4 Å². The molecule has 22 rings (SSSR count). The molecule has 0 fully saturated rings. The summed E-state index contributed by atoms with van der Waals surface area (Å²) in [4.78, 5) is 0. The van der Waals surface area contributed by atoms with Gasteiger partial charge in [0.05, 0.1) is 0 Å². The van der Waals surface area contributed by atoms with E-state index in [-0.39, 0.29) is 14.9 Å². The third kappa shape index (κ3) is 10.9. The second kappa shape index (κ2) is 25.6. The Labute approximate surface area is 611 Å². The van der Waals surface area contributed by atoms with Crippen molar-refractivity contribution in [3.05, 3.63) is 306 Å². The smallest absolute Gasteiger partial charge is 0.537 e. The van der Waals surface area contributed by atoms with Crippen molar-refractivity contribution in [2.75, 3.05) is 0 Å². The fourth-order valence-electron chi connectivity index (χ4n) is 14.7. The van der Waals surface area contributed by atoms with Crippen LogP contribution in [0.4, 0.5) is 0 Å². The minimum absolute atomic E-state index is 0. The molecule has 0 saturated carbocycles. The molecule has 497 valence electrons. The van der Waals surface area contributed by atoms with Crippen molar-refractivity contribution in [3.8, 4) is 61.4 Å². The Morgan fingerprint density at radius 2 is 0.433 bits per heavy atom. The van der Waals surface area contributed by atoms with Gasteiger partial charge in [0.15, 0.2) is 22.3 Å². The van der Waals surface area contributed by atoms with Gasteiger partial charge in [-0.1, -0.05) is 180 Å². The first kappa shape index (κ1) is 63.8. The third-order valence-corrected chi connectivity index (χ3v) is 20.6. The summed E-state index contributed by atoms with van der Waals surface area (Å²) in [5.74, 6) is 0.572. The minimum atomic E-state index is 0. The zero-order valence-corrected chi connectivity index (χ0v) is 57.0. The number of furan rings is 7. The van der Waals surface area contributed by atoms with E-state index < -0.39 is 0 Å². The van der Waals surface area contributed by atoms with Crippen LogP contribution in [0.1, 0.15) is 14.9 Å². The van der Waals surface area contributed by atoms with Crippen molar-refractivity contribution in [1.82, 2.24) is 0 Å². The van der Waals surface area contributed by atoms with E-state index in [4.69, 9.17) is 40.6 Å². The molecule has 0 bridgehead atoms. The first-order valence-electron chi connectivity index (χ1n) is 33.4. The normalized spacial score (nSPS) is 11.6. The lowest BCUT2D eigenvalue weighted by Crippen LogP contribution is -1.98. The Kier molecular flexibility index (Phi) is 15.7. The number of fused-ring (bicyclic) bond motifs is 23. The second-order valence-electron chi connectivity index (χ2n) is 25.6. The largest absolute Gasteiger partial charge is 0.569 e. The van der Waals surface area contributed by atoms with Gasteiger partial charge in [-0.25, -0.2) is 0 Å². The first-order valence-corrected chi connectivity index (χ1v) is 35.0. The SMILES string of the molecule is Brc1ccc2oc3c(ccc4c5cc(Br)ccc5oc43)c2c1.C.C.O[B]Oc1ccc2oc3ccc(-c4ccccc4)cc3c2c1.c1ccc(-c2ccc3oc4ccc(-c5ccc6oc7c(ccc8c9cc(-c%10ccc%11oc%12ccc(-c%13ccccc%13)cc%12c%11c%10)ccc9oc87)c6c5)cc4c3c2)cc1. The van der Waals surface area contributed by atoms with E-state index in [1.165, 1.54) is 22.3 Å². The van der Waals surface area contributed by atoms with Crippen molar-refractivity contribution in [2.24, 2.45) is 0 Å². The van der Waals surface area contributed by atoms with E-state index in [2.05, 4.69) is 250 Å². The monoisotopic (exact) mass is 1480 g/mol. The Morgan fingerprint density at radius 3 is 0.712 bits per heavy atom. The van der Waals surface area contributed by atoms with Crippen LogP contribution in [-0.4, -0.2) is 12.7 Å². The van der Waals surface area contributed by atoms with Crippen LogP contribution < -0.4 is 4.65 Å². The Balaban J connectivity index is 0.000000137. The van der Waals surface area contributed by atoms with Crippen LogP contribution in [0.3, 0.4) is 0 Å². The van der Waals surface area contributed by atoms with Crippen LogP contribution in [0.15, 0.2) is 337 Å². The van der Waals surface area contributed by atoms with Gasteiger partial charge in [-0.15, -0.1) is 0 Å². The summed E-state index contributed by atoms with van der Waals surface area (Å²) in [7, 11) is 0.679. The highest BCUT2D eigenvalue weighted by Gasteiger charge is 2.21. The molecule has 104 heavy (non-hydrogen) atoms. The van der Waals surface area contributed by atoms with Crippen LogP contribution in [0.5, 0.6) is 5.75 Å². The number of hydrogen-bond donors (Lipinski definition) is 1. The van der Waals surface area contributed by atoms with Gasteiger partial charge in [-0.2, -0.15) is 0 Å². The number of halogens is 2. The summed E-state index contributed by atoms with van der Waals surface area (Å²) in [6.45, 7) is 0. The van der Waals surface area contributed by atoms with Crippen LogP contribution in [0, 0.1) is 0 Å². The first-order chi connectivity index (χ1) is 50.2. The maximum Gasteiger partial charge on any atom is 0.569 e. The lowest BCUT2D eigenvalue weighted by molar-refractivity contribution is 0.454. The van der Waals surface area contributed by atoms with Crippen molar-refractivity contribution < 1.29 is 40.6 Å². The van der Waals surface area contributed by atoms with Gasteiger partial charge in [0.25, 0.3) is 0 Å². The average molecular weight is 1480 g/mol. The van der Waals surface area contributed by atoms with Crippen molar-refractivity contribution in [3.63, 3.8) is 0 Å². The summed E-state index contributed by atoms with van der Waals surface area (Å²) < 4.78 is 50.7. The molecule has 0 aliphatic rings. The molecule has 12 heteroatoms. The molecular weight excluding hydrogens is 1420 g/mol. The van der Waals surface area contributed by atoms with Gasteiger partial charge in [-0.3, -0.25) is 0 Å². The van der Waals surface area contributed by atoms with E-state index in [0.29, 0.717) is 13.4 Å². The molecule has 7 heterocycles. The molecule has 7 aromatic heterocycles. The molecule has 0 atom stereocenters. The lowest BCUT2D eigenvalue weighted by Gasteiger charge is -2.03. The number of rotatable bonds is 7. The number of hydrogen-bond acceptors (Lipinski definition) is 9. The summed E-state index contributed by atoms with van der Waals surface area (Å²) in [6.07, 6.45) is 0. The minimum Gasteiger partial charge on any atom is -0.537 e. The third-order valence-electron chi connectivity index (χ3n) is 19.6. The molecule has 22 aromatic rings. The average Bonchev–Trinajstić information content (AvgIpc) is 1.57. The maximum absolute atomic E-state index is 8.78. The van der Waals surface area contributed by atoms with E-state index in [9.17, 15) is 0 Å². The molecule has 0 saturated heterocycles. The summed E-state index contributed by atoms with van der Waals surface area (Å²) in [5.41, 5.74) is 23.1. The Bertz CT molecular complexity index is 6770. The van der Waals surface area contributed by atoms with Crippen molar-refractivity contribution in [2.45, 2.75) is 14.9 Å². The molecule has 15 aromatic carbocycles. The highest BCUT2D eigenvalue weighted by molar-refractivity contribution is 9.10. The van der Waals surface area contributed by atoms with Gasteiger partial charge in [0.1, 0.15) is 61.6 Å². The van der Waals surface area contributed by atoms with Gasteiger partial charge in [-0.05, 0) is 219 Å². The molecule has 0 aliphatic carbocycles. The standard InChI is InChI=1S/C54H30O4.C18H12BO3.C18H8Br2O2.2CH4/c1-3-7-31(8-4-1)33-11-19-47-43(25-33)45-29-37(13-21-49(45)55-47)35-15-23-51-41(27-35)39-17-18-40-42-28-36(16-24-52(42)58-54(40)53(39)57-51)38-14-22-50-46(30-38)44-26-34(12-20-48(44)56-50)32-9-5-2-6-10-32;20-19-22-14-7-9-18-16(11-14)15-10-13(6-8-17(15)21-18)12-4-2-1-3-5-12;19-9-1-5-15-13(7-9)11-3-4-12-14-8-10(20)2-6-16(14)22-18(12)17(11)21-15;;/h1-30H;1-11,20H;1-8H;2*1H4. The summed E-state index contributed by atoms with van der Waals surface area (Å²) in [5, 5.41) is 23.7. The van der Waals surface area contributed by atoms with E-state index in [1.54, 1.807) is 6.07 Å². The Hall–Kier alpha value is -12.3. The predicted octanol–water partition coefficient (Wildman–Crippen LogP) is 28.4. The Morgan fingerprint density at radius 1 is 0.212 bits per heavy atom. The van der Waals surface area contributed by atoms with Crippen molar-refractivity contribution in [1.29, 1.82) is 0 Å². The quantitative estimate of drug-likeness (QED) is 0.155. The molecular formula is C92H58BBr2O9. The van der Waals surface area contributed by atoms with E-state index in [1.807, 2.05) is 72.8 Å². The highest BCUT2D eigenvalue weighted by Crippen LogP contribution is 2.45. The molecule has 0 amide bonds. The molecule has 9 nitrogen and oxygen atoms in total. The van der Waals surface area contributed by atoms with Crippen LogP contribution in [0.25, 0.3) is 209 Å². The molecule has 1 N–H and O–H groups in total. The highest BCUT2D eigenvalue weighted by atomic mass is 79.9. The zero-order chi connectivity index (χ0) is 67.7. The van der Waals surface area contributed by atoms with Crippen LogP contribution >= 0.6 is 31.9 Å². The maximum atomic E-state index is 8.78. The number of benzene rings is 15.